The highest BCUT2D eigenvalue weighted by Gasteiger charge is 2.05. The third-order valence-corrected chi connectivity index (χ3v) is 3.41. The Morgan fingerprint density at radius 3 is 2.69 bits per heavy atom. The van der Waals surface area contributed by atoms with Crippen molar-refractivity contribution < 1.29 is 4.79 Å². The van der Waals surface area contributed by atoms with E-state index in [1.165, 1.54) is 5.56 Å². The molecule has 0 fully saturated rings. The van der Waals surface area contributed by atoms with Crippen molar-refractivity contribution in [3.63, 3.8) is 0 Å². The highest BCUT2D eigenvalue weighted by Crippen LogP contribution is 2.18. The Kier molecular flexibility index (Phi) is 5.74. The minimum absolute atomic E-state index is 0.255. The van der Waals surface area contributed by atoms with Gasteiger partial charge in [-0.15, -0.1) is 0 Å². The van der Waals surface area contributed by atoms with Crippen molar-refractivity contribution in [2.45, 2.75) is 33.1 Å². The van der Waals surface area contributed by atoms with Gasteiger partial charge in [-0.3, -0.25) is 4.79 Å². The van der Waals surface area contributed by atoms with Crippen molar-refractivity contribution >= 4 is 34.5 Å². The van der Waals surface area contributed by atoms with E-state index in [0.29, 0.717) is 6.42 Å². The zero-order valence-corrected chi connectivity index (χ0v) is 12.0. The van der Waals surface area contributed by atoms with Gasteiger partial charge in [0.2, 0.25) is 0 Å². The monoisotopic (exact) mass is 328 g/mol. The lowest BCUT2D eigenvalue weighted by atomic mass is 10.1. The number of hydrogen-bond acceptors (Lipinski definition) is 1. The first-order valence-corrected chi connectivity index (χ1v) is 6.69. The SMILES string of the molecule is CCCCC(=O)/C(I)=C\c1ccccc1C. The molecule has 0 amide bonds. The van der Waals surface area contributed by atoms with Crippen LogP contribution in [0.3, 0.4) is 0 Å². The standard InChI is InChI=1S/C14H17IO/c1-3-4-9-14(16)13(15)10-12-8-6-5-7-11(12)2/h5-8,10H,3-4,9H2,1-2H3/b13-10+. The molecule has 1 rings (SSSR count). The maximum atomic E-state index is 11.7. The predicted molar refractivity (Wildman–Crippen MR) is 77.7 cm³/mol. The van der Waals surface area contributed by atoms with Crippen molar-refractivity contribution in [3.8, 4) is 0 Å². The molecule has 1 aromatic rings. The van der Waals surface area contributed by atoms with Crippen LogP contribution in [0.5, 0.6) is 0 Å². The van der Waals surface area contributed by atoms with Gasteiger partial charge < -0.3 is 0 Å². The minimum atomic E-state index is 0.255. The number of carbonyl (C=O) groups is 1. The summed E-state index contributed by atoms with van der Waals surface area (Å²) in [6.07, 6.45) is 4.69. The molecular weight excluding hydrogens is 311 g/mol. The third kappa shape index (κ3) is 4.08. The largest absolute Gasteiger partial charge is 0.294 e. The zero-order valence-electron chi connectivity index (χ0n) is 9.79. The fourth-order valence-corrected chi connectivity index (χ4v) is 2.03. The number of carbonyl (C=O) groups excluding carboxylic acids is 1. The molecule has 0 atom stereocenters. The molecule has 1 aromatic carbocycles. The van der Waals surface area contributed by atoms with Crippen LogP contribution in [-0.4, -0.2) is 5.78 Å². The first kappa shape index (κ1) is 13.4. The summed E-state index contributed by atoms with van der Waals surface area (Å²) in [7, 11) is 0. The fourth-order valence-electron chi connectivity index (χ4n) is 1.42. The molecule has 0 aliphatic carbocycles. The predicted octanol–water partition coefficient (Wildman–Crippen LogP) is 4.53. The van der Waals surface area contributed by atoms with E-state index in [9.17, 15) is 4.79 Å². The van der Waals surface area contributed by atoms with Crippen molar-refractivity contribution in [1.29, 1.82) is 0 Å². The van der Waals surface area contributed by atoms with Gasteiger partial charge in [-0.25, -0.2) is 0 Å². The summed E-state index contributed by atoms with van der Waals surface area (Å²) >= 11 is 2.14. The molecule has 0 bridgehead atoms. The van der Waals surface area contributed by atoms with E-state index in [0.717, 1.165) is 22.0 Å². The van der Waals surface area contributed by atoms with Crippen LogP contribution in [0.2, 0.25) is 0 Å². The highest BCUT2D eigenvalue weighted by molar-refractivity contribution is 14.1. The lowest BCUT2D eigenvalue weighted by Crippen LogP contribution is -1.96. The minimum Gasteiger partial charge on any atom is -0.294 e. The molecule has 86 valence electrons. The van der Waals surface area contributed by atoms with E-state index in [2.05, 4.69) is 42.5 Å². The second kappa shape index (κ2) is 6.84. The number of rotatable bonds is 5. The fraction of sp³-hybridized carbons (Fsp3) is 0.357. The number of Topliss-reactive ketones (excluding diaryl/α,β-unsaturated/α-hetero) is 1. The van der Waals surface area contributed by atoms with Crippen LogP contribution in [-0.2, 0) is 4.79 Å². The van der Waals surface area contributed by atoms with Crippen LogP contribution in [0.25, 0.3) is 6.08 Å². The van der Waals surface area contributed by atoms with Gasteiger partial charge in [0.25, 0.3) is 0 Å². The molecule has 0 unspecified atom stereocenters. The summed E-state index contributed by atoms with van der Waals surface area (Å²) in [6, 6.07) is 8.12. The molecule has 0 aliphatic heterocycles. The molecule has 0 radical (unpaired) electrons. The molecule has 0 spiro atoms. The second-order valence-electron chi connectivity index (χ2n) is 3.88. The number of benzene rings is 1. The third-order valence-electron chi connectivity index (χ3n) is 2.49. The molecular formula is C14H17IO. The number of aryl methyl sites for hydroxylation is 1. The van der Waals surface area contributed by atoms with Crippen molar-refractivity contribution in [2.24, 2.45) is 0 Å². The molecule has 0 aromatic heterocycles. The number of halogens is 1. The van der Waals surface area contributed by atoms with Crippen molar-refractivity contribution in [3.05, 3.63) is 39.0 Å². The van der Waals surface area contributed by atoms with Crippen LogP contribution in [0.15, 0.2) is 27.8 Å². The lowest BCUT2D eigenvalue weighted by molar-refractivity contribution is -0.114. The molecule has 2 heteroatoms. The summed E-state index contributed by atoms with van der Waals surface area (Å²) in [5, 5.41) is 0. The zero-order chi connectivity index (χ0) is 12.0. The average Bonchev–Trinajstić information content (AvgIpc) is 2.28. The summed E-state index contributed by atoms with van der Waals surface area (Å²) in [5.74, 6) is 0.255. The van der Waals surface area contributed by atoms with Gasteiger partial charge in [-0.2, -0.15) is 0 Å². The molecule has 0 saturated carbocycles. The maximum Gasteiger partial charge on any atom is 0.168 e. The lowest BCUT2D eigenvalue weighted by Gasteiger charge is -2.01. The van der Waals surface area contributed by atoms with Crippen molar-refractivity contribution in [1.82, 2.24) is 0 Å². The quantitative estimate of drug-likeness (QED) is 0.573. The van der Waals surface area contributed by atoms with E-state index in [1.807, 2.05) is 24.3 Å². The summed E-state index contributed by atoms with van der Waals surface area (Å²) in [4.78, 5) is 11.7. The molecule has 0 heterocycles. The topological polar surface area (TPSA) is 17.1 Å². The van der Waals surface area contributed by atoms with Gasteiger partial charge >= 0.3 is 0 Å². The van der Waals surface area contributed by atoms with E-state index in [1.54, 1.807) is 0 Å². The van der Waals surface area contributed by atoms with E-state index >= 15 is 0 Å². The highest BCUT2D eigenvalue weighted by atomic mass is 127. The van der Waals surface area contributed by atoms with Gasteiger partial charge in [0.05, 0.1) is 3.58 Å². The van der Waals surface area contributed by atoms with E-state index in [-0.39, 0.29) is 5.78 Å². The van der Waals surface area contributed by atoms with Crippen LogP contribution >= 0.6 is 22.6 Å². The van der Waals surface area contributed by atoms with Gasteiger partial charge in [0.1, 0.15) is 0 Å². The Morgan fingerprint density at radius 1 is 1.38 bits per heavy atom. The normalized spacial score (nSPS) is 11.6. The van der Waals surface area contributed by atoms with Crippen LogP contribution in [0, 0.1) is 6.92 Å². The Labute approximate surface area is 111 Å². The van der Waals surface area contributed by atoms with E-state index < -0.39 is 0 Å². The maximum absolute atomic E-state index is 11.7. The Hall–Kier alpha value is -0.640. The first-order chi connectivity index (χ1) is 7.65. The molecule has 16 heavy (non-hydrogen) atoms. The average molecular weight is 328 g/mol. The Bertz CT molecular complexity index is 393. The summed E-state index contributed by atoms with van der Waals surface area (Å²) < 4.78 is 0.834. The first-order valence-electron chi connectivity index (χ1n) is 5.61. The van der Waals surface area contributed by atoms with Crippen LogP contribution in [0.1, 0.15) is 37.3 Å². The van der Waals surface area contributed by atoms with E-state index in [4.69, 9.17) is 0 Å². The van der Waals surface area contributed by atoms with Crippen molar-refractivity contribution in [2.75, 3.05) is 0 Å². The summed E-state index contributed by atoms with van der Waals surface area (Å²) in [5.41, 5.74) is 2.34. The molecule has 1 nitrogen and oxygen atoms in total. The molecule has 0 N–H and O–H groups in total. The van der Waals surface area contributed by atoms with Gasteiger partial charge in [0, 0.05) is 6.42 Å². The second-order valence-corrected chi connectivity index (χ2v) is 5.04. The number of allylic oxidation sites excluding steroid dienone is 1. The van der Waals surface area contributed by atoms with Gasteiger partial charge in [0.15, 0.2) is 5.78 Å². The Morgan fingerprint density at radius 2 is 2.06 bits per heavy atom. The number of unbranched alkanes of at least 4 members (excludes halogenated alkanes) is 1. The van der Waals surface area contributed by atoms with Crippen LogP contribution in [0.4, 0.5) is 0 Å². The molecule has 0 aliphatic rings. The number of hydrogen-bond donors (Lipinski definition) is 0. The van der Waals surface area contributed by atoms with Gasteiger partial charge in [-0.1, -0.05) is 37.6 Å². The summed E-state index contributed by atoms with van der Waals surface area (Å²) in [6.45, 7) is 4.16. The molecule has 0 saturated heterocycles. The Balaban J connectivity index is 2.77. The number of ketones is 1. The van der Waals surface area contributed by atoms with Crippen LogP contribution < -0.4 is 0 Å². The smallest absolute Gasteiger partial charge is 0.168 e. The van der Waals surface area contributed by atoms with Gasteiger partial charge in [-0.05, 0) is 53.1 Å².